The van der Waals surface area contributed by atoms with E-state index in [-0.39, 0.29) is 6.61 Å². The topological polar surface area (TPSA) is 46.5 Å². The van der Waals surface area contributed by atoms with E-state index in [4.69, 9.17) is 9.84 Å². The molecular formula is C14H19BrO3. The predicted octanol–water partition coefficient (Wildman–Crippen LogP) is 3.86. The number of carboxylic acids is 1. The maximum atomic E-state index is 11.0. The molecule has 0 heterocycles. The van der Waals surface area contributed by atoms with E-state index in [1.165, 1.54) is 0 Å². The molecule has 0 aliphatic carbocycles. The molecule has 0 saturated carbocycles. The highest BCUT2D eigenvalue weighted by Gasteiger charge is 2.28. The number of aliphatic carboxylic acids is 1. The fraction of sp³-hybridized carbons (Fsp3) is 0.500. The molecule has 1 aromatic rings. The summed E-state index contributed by atoms with van der Waals surface area (Å²) in [6.45, 7) is 9.45. The highest BCUT2D eigenvalue weighted by molar-refractivity contribution is 9.10. The molecule has 3 nitrogen and oxygen atoms in total. The van der Waals surface area contributed by atoms with Crippen molar-refractivity contribution in [2.75, 3.05) is 6.61 Å². The summed E-state index contributed by atoms with van der Waals surface area (Å²) in [6, 6.07) is 1.93. The third-order valence-electron chi connectivity index (χ3n) is 3.12. The van der Waals surface area contributed by atoms with E-state index in [0.717, 1.165) is 26.9 Å². The van der Waals surface area contributed by atoms with Crippen LogP contribution in [0.15, 0.2) is 10.5 Å². The zero-order chi connectivity index (χ0) is 14.1. The van der Waals surface area contributed by atoms with Gasteiger partial charge >= 0.3 is 5.97 Å². The van der Waals surface area contributed by atoms with E-state index in [9.17, 15) is 4.79 Å². The normalized spacial score (nSPS) is 11.4. The largest absolute Gasteiger partial charge is 0.492 e. The van der Waals surface area contributed by atoms with Gasteiger partial charge in [-0.1, -0.05) is 15.9 Å². The standard InChI is InChI=1S/C14H19BrO3/c1-8-6-11(9(2)10(3)12(8)15)18-7-14(4,5)13(16)17/h6H,7H2,1-5H3,(H,16,17). The van der Waals surface area contributed by atoms with Crippen molar-refractivity contribution in [3.8, 4) is 5.75 Å². The van der Waals surface area contributed by atoms with Gasteiger partial charge in [0.2, 0.25) is 0 Å². The molecular weight excluding hydrogens is 296 g/mol. The number of hydrogen-bond donors (Lipinski definition) is 1. The molecule has 0 saturated heterocycles. The Kier molecular flexibility index (Phi) is 4.43. The van der Waals surface area contributed by atoms with Gasteiger partial charge in [0.05, 0.1) is 5.41 Å². The lowest BCUT2D eigenvalue weighted by molar-refractivity contribution is -0.148. The number of halogens is 1. The molecule has 0 aliphatic heterocycles. The van der Waals surface area contributed by atoms with E-state index in [1.807, 2.05) is 26.8 Å². The van der Waals surface area contributed by atoms with Crippen molar-refractivity contribution in [2.45, 2.75) is 34.6 Å². The average Bonchev–Trinajstić information content (AvgIpc) is 2.29. The van der Waals surface area contributed by atoms with Gasteiger partial charge in [0, 0.05) is 4.47 Å². The summed E-state index contributed by atoms with van der Waals surface area (Å²) in [5.74, 6) is -0.103. The summed E-state index contributed by atoms with van der Waals surface area (Å²) >= 11 is 3.53. The molecule has 0 atom stereocenters. The van der Waals surface area contributed by atoms with Crippen LogP contribution >= 0.6 is 15.9 Å². The van der Waals surface area contributed by atoms with Crippen LogP contribution in [0.3, 0.4) is 0 Å². The highest BCUT2D eigenvalue weighted by atomic mass is 79.9. The minimum atomic E-state index is -0.888. The monoisotopic (exact) mass is 314 g/mol. The first-order valence-corrected chi connectivity index (χ1v) is 6.58. The van der Waals surface area contributed by atoms with Crippen LogP contribution < -0.4 is 4.74 Å². The quantitative estimate of drug-likeness (QED) is 0.917. The Morgan fingerprint density at radius 3 is 2.39 bits per heavy atom. The maximum Gasteiger partial charge on any atom is 0.312 e. The van der Waals surface area contributed by atoms with Crippen molar-refractivity contribution in [3.05, 3.63) is 27.2 Å². The van der Waals surface area contributed by atoms with Crippen molar-refractivity contribution >= 4 is 21.9 Å². The smallest absolute Gasteiger partial charge is 0.312 e. The Morgan fingerprint density at radius 2 is 1.89 bits per heavy atom. The van der Waals surface area contributed by atoms with Gasteiger partial charge in [-0.3, -0.25) is 4.79 Å². The van der Waals surface area contributed by atoms with E-state index in [2.05, 4.69) is 15.9 Å². The molecule has 4 heteroatoms. The first-order chi connectivity index (χ1) is 8.16. The Bertz CT molecular complexity index is 478. The van der Waals surface area contributed by atoms with Crippen LogP contribution in [0.5, 0.6) is 5.75 Å². The lowest BCUT2D eigenvalue weighted by Gasteiger charge is -2.21. The van der Waals surface area contributed by atoms with Crippen molar-refractivity contribution in [1.29, 1.82) is 0 Å². The number of carbonyl (C=O) groups is 1. The second-order valence-electron chi connectivity index (χ2n) is 5.23. The van der Waals surface area contributed by atoms with Crippen molar-refractivity contribution in [2.24, 2.45) is 5.41 Å². The molecule has 0 amide bonds. The van der Waals surface area contributed by atoms with E-state index < -0.39 is 11.4 Å². The summed E-state index contributed by atoms with van der Waals surface area (Å²) in [4.78, 5) is 11.0. The minimum Gasteiger partial charge on any atom is -0.492 e. The van der Waals surface area contributed by atoms with E-state index in [1.54, 1.807) is 13.8 Å². The number of hydrogen-bond acceptors (Lipinski definition) is 2. The number of ether oxygens (including phenoxy) is 1. The molecule has 0 radical (unpaired) electrons. The van der Waals surface area contributed by atoms with Gasteiger partial charge in [-0.15, -0.1) is 0 Å². The molecule has 0 fully saturated rings. The van der Waals surface area contributed by atoms with Crippen LogP contribution in [-0.4, -0.2) is 17.7 Å². The Hall–Kier alpha value is -1.03. The third kappa shape index (κ3) is 3.05. The first kappa shape index (κ1) is 15.0. The summed E-state index contributed by atoms with van der Waals surface area (Å²) in [7, 11) is 0. The average molecular weight is 315 g/mol. The van der Waals surface area contributed by atoms with Crippen LogP contribution in [0.2, 0.25) is 0 Å². The SMILES string of the molecule is Cc1cc(OCC(C)(C)C(=O)O)c(C)c(C)c1Br. The predicted molar refractivity (Wildman–Crippen MR) is 75.3 cm³/mol. The second kappa shape index (κ2) is 5.31. The van der Waals surface area contributed by atoms with Gasteiger partial charge in [-0.2, -0.15) is 0 Å². The lowest BCUT2D eigenvalue weighted by atomic mass is 9.95. The van der Waals surface area contributed by atoms with Gasteiger partial charge in [-0.05, 0) is 57.4 Å². The van der Waals surface area contributed by atoms with Crippen LogP contribution in [0.1, 0.15) is 30.5 Å². The first-order valence-electron chi connectivity index (χ1n) is 5.79. The lowest BCUT2D eigenvalue weighted by Crippen LogP contribution is -2.30. The Labute approximate surface area is 116 Å². The molecule has 0 unspecified atom stereocenters. The van der Waals surface area contributed by atoms with E-state index >= 15 is 0 Å². The van der Waals surface area contributed by atoms with E-state index in [0.29, 0.717) is 0 Å². The molecule has 100 valence electrons. The molecule has 1 N–H and O–H groups in total. The third-order valence-corrected chi connectivity index (χ3v) is 4.34. The summed E-state index contributed by atoms with van der Waals surface area (Å²) in [5, 5.41) is 9.05. The number of benzene rings is 1. The number of aryl methyl sites for hydroxylation is 1. The molecule has 0 spiro atoms. The fourth-order valence-corrected chi connectivity index (χ4v) is 1.90. The molecule has 1 aromatic carbocycles. The summed E-state index contributed by atoms with van der Waals surface area (Å²) in [5.41, 5.74) is 2.36. The molecule has 0 aliphatic rings. The van der Waals surface area contributed by atoms with Gasteiger partial charge in [0.15, 0.2) is 0 Å². The Morgan fingerprint density at radius 1 is 1.33 bits per heavy atom. The van der Waals surface area contributed by atoms with Crippen LogP contribution in [0.25, 0.3) is 0 Å². The zero-order valence-electron chi connectivity index (χ0n) is 11.4. The highest BCUT2D eigenvalue weighted by Crippen LogP contribution is 2.32. The Balaban J connectivity index is 2.97. The summed E-state index contributed by atoms with van der Waals surface area (Å²) < 4.78 is 6.75. The molecule has 0 bridgehead atoms. The van der Waals surface area contributed by atoms with Gasteiger partial charge < -0.3 is 9.84 Å². The fourth-order valence-electron chi connectivity index (χ4n) is 1.48. The van der Waals surface area contributed by atoms with Gasteiger partial charge in [-0.25, -0.2) is 0 Å². The van der Waals surface area contributed by atoms with Crippen LogP contribution in [0.4, 0.5) is 0 Å². The molecule has 18 heavy (non-hydrogen) atoms. The minimum absolute atomic E-state index is 0.156. The van der Waals surface area contributed by atoms with Crippen molar-refractivity contribution in [1.82, 2.24) is 0 Å². The van der Waals surface area contributed by atoms with Crippen LogP contribution in [0, 0.1) is 26.2 Å². The number of rotatable bonds is 4. The van der Waals surface area contributed by atoms with Crippen molar-refractivity contribution in [3.63, 3.8) is 0 Å². The van der Waals surface area contributed by atoms with Gasteiger partial charge in [0.25, 0.3) is 0 Å². The second-order valence-corrected chi connectivity index (χ2v) is 6.03. The van der Waals surface area contributed by atoms with Crippen LogP contribution in [-0.2, 0) is 4.79 Å². The molecule has 0 aromatic heterocycles. The maximum absolute atomic E-state index is 11.0. The zero-order valence-corrected chi connectivity index (χ0v) is 13.0. The number of carboxylic acid groups (broad SMARTS) is 1. The molecule has 1 rings (SSSR count). The van der Waals surface area contributed by atoms with Crippen molar-refractivity contribution < 1.29 is 14.6 Å². The summed E-state index contributed by atoms with van der Waals surface area (Å²) in [6.07, 6.45) is 0. The van der Waals surface area contributed by atoms with Gasteiger partial charge in [0.1, 0.15) is 12.4 Å².